The molecule has 0 amide bonds. The molecule has 0 aromatic rings. The van der Waals surface area contributed by atoms with Crippen molar-refractivity contribution in [2.75, 3.05) is 27.2 Å². The van der Waals surface area contributed by atoms with Gasteiger partial charge in [-0.25, -0.2) is 0 Å². The Morgan fingerprint density at radius 2 is 0.923 bits per heavy atom. The molecule has 0 heterocycles. The van der Waals surface area contributed by atoms with Gasteiger partial charge in [0.2, 0.25) is 0 Å². The zero-order valence-electron chi connectivity index (χ0n) is 18.8. The van der Waals surface area contributed by atoms with Gasteiger partial charge in [0.1, 0.15) is 0 Å². The Morgan fingerprint density at radius 3 is 1.23 bits per heavy atom. The summed E-state index contributed by atoms with van der Waals surface area (Å²) in [6.45, 7) is 10.9. The highest BCUT2D eigenvalue weighted by Gasteiger charge is 2.13. The van der Waals surface area contributed by atoms with Crippen LogP contribution in [0.3, 0.4) is 0 Å². The SMILES string of the molecule is C=C(C)C[N+](C)(C)CCCCCCCCCCCCCCCCCC.[Cl-]. The van der Waals surface area contributed by atoms with Crippen LogP contribution < -0.4 is 12.4 Å². The molecule has 0 radical (unpaired) electrons. The fourth-order valence-electron chi connectivity index (χ4n) is 3.90. The van der Waals surface area contributed by atoms with Gasteiger partial charge in [0.05, 0.1) is 27.2 Å². The summed E-state index contributed by atoms with van der Waals surface area (Å²) in [6, 6.07) is 0. The van der Waals surface area contributed by atoms with Crippen molar-refractivity contribution in [3.05, 3.63) is 12.2 Å². The Hall–Kier alpha value is -0.0100. The molecule has 0 saturated carbocycles. The van der Waals surface area contributed by atoms with Gasteiger partial charge in [-0.2, -0.15) is 0 Å². The number of rotatable bonds is 19. The molecule has 0 spiro atoms. The van der Waals surface area contributed by atoms with Gasteiger partial charge in [0, 0.05) is 0 Å². The van der Waals surface area contributed by atoms with Crippen molar-refractivity contribution in [2.45, 2.75) is 117 Å². The van der Waals surface area contributed by atoms with Gasteiger partial charge in [-0.1, -0.05) is 103 Å². The molecule has 1 nitrogen and oxygen atoms in total. The van der Waals surface area contributed by atoms with Crippen LogP contribution in [0.15, 0.2) is 12.2 Å². The second-order valence-electron chi connectivity index (χ2n) is 9.08. The highest BCUT2D eigenvalue weighted by atomic mass is 35.5. The third-order valence-electron chi connectivity index (χ3n) is 5.31. The zero-order chi connectivity index (χ0) is 18.8. The van der Waals surface area contributed by atoms with E-state index in [-0.39, 0.29) is 12.4 Å². The van der Waals surface area contributed by atoms with Crippen LogP contribution in [0.4, 0.5) is 0 Å². The quantitative estimate of drug-likeness (QED) is 0.168. The number of hydrogen-bond donors (Lipinski definition) is 0. The molecule has 26 heavy (non-hydrogen) atoms. The van der Waals surface area contributed by atoms with E-state index in [4.69, 9.17) is 0 Å². The lowest BCUT2D eigenvalue weighted by atomic mass is 10.0. The normalized spacial score (nSPS) is 11.4. The fourth-order valence-corrected chi connectivity index (χ4v) is 3.90. The summed E-state index contributed by atoms with van der Waals surface area (Å²) < 4.78 is 1.11. The van der Waals surface area contributed by atoms with Gasteiger partial charge in [0.25, 0.3) is 0 Å². The maximum Gasteiger partial charge on any atom is 0.0993 e. The van der Waals surface area contributed by atoms with Gasteiger partial charge < -0.3 is 16.9 Å². The summed E-state index contributed by atoms with van der Waals surface area (Å²) in [6.07, 6.45) is 23.2. The van der Waals surface area contributed by atoms with E-state index < -0.39 is 0 Å². The van der Waals surface area contributed by atoms with Crippen molar-refractivity contribution in [1.29, 1.82) is 0 Å². The molecule has 0 unspecified atom stereocenters. The van der Waals surface area contributed by atoms with Gasteiger partial charge in [-0.3, -0.25) is 0 Å². The largest absolute Gasteiger partial charge is 1.00 e. The van der Waals surface area contributed by atoms with Crippen molar-refractivity contribution in [2.24, 2.45) is 0 Å². The summed E-state index contributed by atoms with van der Waals surface area (Å²) >= 11 is 0. The van der Waals surface area contributed by atoms with E-state index in [2.05, 4.69) is 34.5 Å². The van der Waals surface area contributed by atoms with Crippen LogP contribution in [0.5, 0.6) is 0 Å². The molecule has 0 aliphatic rings. The van der Waals surface area contributed by atoms with Gasteiger partial charge in [-0.15, -0.1) is 0 Å². The van der Waals surface area contributed by atoms with Crippen molar-refractivity contribution in [3.8, 4) is 0 Å². The Bertz CT molecular complexity index is 299. The first-order valence-corrected chi connectivity index (χ1v) is 11.4. The molecule has 0 aromatic heterocycles. The first-order valence-electron chi connectivity index (χ1n) is 11.4. The Balaban J connectivity index is 0. The van der Waals surface area contributed by atoms with Gasteiger partial charge in [0.15, 0.2) is 0 Å². The molecule has 0 atom stereocenters. The topological polar surface area (TPSA) is 0 Å². The molecule has 0 aromatic carbocycles. The van der Waals surface area contributed by atoms with Crippen LogP contribution in [-0.2, 0) is 0 Å². The maximum atomic E-state index is 4.05. The first kappa shape index (κ1) is 28.2. The Morgan fingerprint density at radius 1 is 0.615 bits per heavy atom. The summed E-state index contributed by atoms with van der Waals surface area (Å²) in [4.78, 5) is 0. The minimum absolute atomic E-state index is 0. The minimum Gasteiger partial charge on any atom is -1.00 e. The lowest BCUT2D eigenvalue weighted by Gasteiger charge is -2.30. The molecule has 0 saturated heterocycles. The van der Waals surface area contributed by atoms with Crippen LogP contribution >= 0.6 is 0 Å². The highest BCUT2D eigenvalue weighted by Crippen LogP contribution is 2.14. The van der Waals surface area contributed by atoms with Crippen molar-refractivity contribution in [3.63, 3.8) is 0 Å². The molecular formula is C24H50ClN. The fraction of sp³-hybridized carbons (Fsp3) is 0.917. The summed E-state index contributed by atoms with van der Waals surface area (Å²) in [5, 5.41) is 0. The molecule has 2 heteroatoms. The van der Waals surface area contributed by atoms with Gasteiger partial charge in [-0.05, 0) is 25.3 Å². The average molecular weight is 388 g/mol. The molecule has 0 fully saturated rings. The van der Waals surface area contributed by atoms with Crippen LogP contribution in [0, 0.1) is 0 Å². The van der Waals surface area contributed by atoms with E-state index in [1.165, 1.54) is 115 Å². The summed E-state index contributed by atoms with van der Waals surface area (Å²) in [7, 11) is 4.67. The van der Waals surface area contributed by atoms with E-state index in [9.17, 15) is 0 Å². The second-order valence-corrected chi connectivity index (χ2v) is 9.08. The van der Waals surface area contributed by atoms with Crippen LogP contribution in [0.1, 0.15) is 117 Å². The smallest absolute Gasteiger partial charge is 0.0993 e. The summed E-state index contributed by atoms with van der Waals surface area (Å²) in [5.41, 5.74) is 1.31. The molecular weight excluding hydrogens is 338 g/mol. The van der Waals surface area contributed by atoms with E-state index in [0.717, 1.165) is 11.0 Å². The Labute approximate surface area is 173 Å². The third kappa shape index (κ3) is 22.0. The predicted octanol–water partition coefficient (Wildman–Crippen LogP) is 4.90. The van der Waals surface area contributed by atoms with E-state index in [0.29, 0.717) is 0 Å². The second kappa shape index (κ2) is 19.7. The zero-order valence-corrected chi connectivity index (χ0v) is 19.5. The summed E-state index contributed by atoms with van der Waals surface area (Å²) in [5.74, 6) is 0. The molecule has 158 valence electrons. The van der Waals surface area contributed by atoms with Crippen LogP contribution in [-0.4, -0.2) is 31.7 Å². The van der Waals surface area contributed by atoms with Crippen LogP contribution in [0.2, 0.25) is 0 Å². The standard InChI is InChI=1S/C24H50N.ClH/c1-6-7-8-9-10-11-12-13-14-15-16-17-18-19-20-21-22-25(4,5)23-24(2)3;/h2,6-23H2,1,3-5H3;1H/q+1;/p-1. The van der Waals surface area contributed by atoms with E-state index in [1.54, 1.807) is 0 Å². The predicted molar refractivity (Wildman–Crippen MR) is 116 cm³/mol. The Kier molecular flexibility index (Phi) is 21.4. The van der Waals surface area contributed by atoms with Crippen LogP contribution in [0.25, 0.3) is 0 Å². The first-order chi connectivity index (χ1) is 12.0. The number of halogens is 1. The molecule has 0 rings (SSSR count). The molecule has 0 N–H and O–H groups in total. The number of hydrogen-bond acceptors (Lipinski definition) is 0. The lowest BCUT2D eigenvalue weighted by Crippen LogP contribution is -3.00. The molecule has 0 bridgehead atoms. The lowest BCUT2D eigenvalue weighted by molar-refractivity contribution is -0.885. The van der Waals surface area contributed by atoms with E-state index >= 15 is 0 Å². The van der Waals surface area contributed by atoms with E-state index in [1.807, 2.05) is 0 Å². The molecule has 0 aliphatic heterocycles. The monoisotopic (exact) mass is 387 g/mol. The third-order valence-corrected chi connectivity index (χ3v) is 5.31. The minimum atomic E-state index is 0. The van der Waals surface area contributed by atoms with Crippen molar-refractivity contribution in [1.82, 2.24) is 0 Å². The average Bonchev–Trinajstić information content (AvgIpc) is 2.53. The number of nitrogens with zero attached hydrogens (tertiary/aromatic N) is 1. The number of unbranched alkanes of at least 4 members (excludes halogenated alkanes) is 15. The number of likely N-dealkylation sites (N-methyl/N-ethyl adjacent to an activating group) is 1. The van der Waals surface area contributed by atoms with Crippen molar-refractivity contribution >= 4 is 0 Å². The molecule has 0 aliphatic carbocycles. The highest BCUT2D eigenvalue weighted by molar-refractivity contribution is 4.87. The number of quaternary nitrogens is 1. The maximum absolute atomic E-state index is 4.05. The van der Waals surface area contributed by atoms with Gasteiger partial charge >= 0.3 is 0 Å². The van der Waals surface area contributed by atoms with Crippen molar-refractivity contribution < 1.29 is 16.9 Å².